The normalized spacial score (nSPS) is 26.8. The number of nitrogen functional groups attached to an aromatic ring is 1. The quantitative estimate of drug-likeness (QED) is 0.160. The summed E-state index contributed by atoms with van der Waals surface area (Å²) in [5, 5.41) is 22.7. The number of rotatable bonds is 10. The molecule has 1 aliphatic rings. The van der Waals surface area contributed by atoms with Crippen LogP contribution in [0.2, 0.25) is 0 Å². The van der Waals surface area contributed by atoms with E-state index in [1.165, 1.54) is 35.2 Å². The molecule has 8 N–H and O–H groups in total. The van der Waals surface area contributed by atoms with Gasteiger partial charge in [-0.2, -0.15) is 8.62 Å². The second-order valence-corrected chi connectivity index (χ2v) is 12.2. The summed E-state index contributed by atoms with van der Waals surface area (Å²) >= 11 is 0. The molecule has 7 atom stereocenters. The molecule has 0 aliphatic carbocycles. The van der Waals surface area contributed by atoms with Gasteiger partial charge >= 0.3 is 23.4 Å². The highest BCUT2D eigenvalue weighted by Crippen LogP contribution is 2.67. The molecule has 0 spiro atoms. The third kappa shape index (κ3) is 6.59. The van der Waals surface area contributed by atoms with E-state index in [2.05, 4.69) is 28.1 Å². The van der Waals surface area contributed by atoms with Crippen molar-refractivity contribution < 1.29 is 56.5 Å². The van der Waals surface area contributed by atoms with E-state index in [-0.39, 0.29) is 22.7 Å². The average Bonchev–Trinajstić information content (AvgIpc) is 3.33. The van der Waals surface area contributed by atoms with Crippen LogP contribution in [0.1, 0.15) is 6.23 Å². The molecule has 202 valence electrons. The third-order valence-corrected chi connectivity index (χ3v) is 9.24. The Morgan fingerprint density at radius 2 is 1.70 bits per heavy atom. The molecular weight excluding hydrogens is 561 g/mol. The molecule has 21 heteroatoms. The van der Waals surface area contributed by atoms with E-state index in [4.69, 9.17) is 10.5 Å². The standard InChI is InChI=1S/C16H21N6O12P3/c17-14-11-15(19-7-18-14)22(8-20-11)16-13(24)12(23)10(32-16)6-31-36(27,28)34-37(29,30)33-35(25,26)21-9-4-2-1-3-5-9/h1-5,7-8,10,12-13,16,23-24H,6H2,(H,27,28)(H,29,30)(H2,17,18,19)(H2,21,25,26)/t10-,12-,13-,16-/m1/s1. The molecule has 0 radical (unpaired) electrons. The first-order chi connectivity index (χ1) is 17.3. The number of aliphatic hydroxyl groups is 2. The van der Waals surface area contributed by atoms with Crippen LogP contribution >= 0.6 is 23.4 Å². The van der Waals surface area contributed by atoms with Gasteiger partial charge in [-0.1, -0.05) is 18.2 Å². The molecule has 3 unspecified atom stereocenters. The molecule has 0 bridgehead atoms. The number of nitrogens with one attached hydrogen (secondary N) is 1. The largest absolute Gasteiger partial charge is 0.489 e. The first-order valence-corrected chi connectivity index (χ1v) is 14.7. The van der Waals surface area contributed by atoms with E-state index in [9.17, 15) is 38.6 Å². The number of nitrogens with zero attached hydrogens (tertiary/aromatic N) is 4. The van der Waals surface area contributed by atoms with Crippen molar-refractivity contribution in [2.75, 3.05) is 17.4 Å². The van der Waals surface area contributed by atoms with Crippen LogP contribution in [0.25, 0.3) is 11.2 Å². The number of nitrogens with two attached hydrogens (primary N) is 1. The molecular formula is C16H21N6O12P3. The van der Waals surface area contributed by atoms with Gasteiger partial charge in [0.2, 0.25) is 0 Å². The molecule has 37 heavy (non-hydrogen) atoms. The van der Waals surface area contributed by atoms with Gasteiger partial charge in [0.05, 0.1) is 12.9 Å². The minimum absolute atomic E-state index is 0.0390. The van der Waals surface area contributed by atoms with Crippen molar-refractivity contribution >= 4 is 46.1 Å². The maximum absolute atomic E-state index is 12.2. The lowest BCUT2D eigenvalue weighted by Gasteiger charge is -2.20. The van der Waals surface area contributed by atoms with Crippen LogP contribution in [0.3, 0.4) is 0 Å². The highest BCUT2D eigenvalue weighted by molar-refractivity contribution is 7.68. The van der Waals surface area contributed by atoms with Crippen LogP contribution in [0.4, 0.5) is 11.5 Å². The summed E-state index contributed by atoms with van der Waals surface area (Å²) in [5.74, 6) is 0.0529. The average molecular weight is 582 g/mol. The Morgan fingerprint density at radius 1 is 1.00 bits per heavy atom. The van der Waals surface area contributed by atoms with E-state index >= 15 is 0 Å². The Bertz CT molecular complexity index is 1410. The van der Waals surface area contributed by atoms with Gasteiger partial charge in [0.25, 0.3) is 0 Å². The van der Waals surface area contributed by atoms with Gasteiger partial charge < -0.3 is 35.4 Å². The first kappa shape index (κ1) is 27.7. The number of aromatic nitrogens is 4. The summed E-state index contributed by atoms with van der Waals surface area (Å²) in [5.41, 5.74) is 6.12. The SMILES string of the molecule is Nc1ncnc2c1ncn2[C@@H]1O[C@H](COP(=O)(O)OP(=O)(O)OP(=O)(O)Nc2ccccc2)[C@@H](O)[C@H]1O. The molecule has 4 rings (SSSR count). The van der Waals surface area contributed by atoms with Gasteiger partial charge in [-0.25, -0.2) is 28.6 Å². The van der Waals surface area contributed by atoms with E-state index in [1.54, 1.807) is 6.07 Å². The van der Waals surface area contributed by atoms with Gasteiger partial charge in [-0.3, -0.25) is 14.2 Å². The van der Waals surface area contributed by atoms with Crippen molar-refractivity contribution in [3.8, 4) is 0 Å². The number of phosphoric acid groups is 2. The Labute approximate surface area is 207 Å². The monoisotopic (exact) mass is 582 g/mol. The van der Waals surface area contributed by atoms with Crippen molar-refractivity contribution in [2.24, 2.45) is 0 Å². The number of hydrogen-bond donors (Lipinski definition) is 7. The molecule has 1 aromatic carbocycles. The van der Waals surface area contributed by atoms with Crippen LogP contribution in [0, 0.1) is 0 Å². The van der Waals surface area contributed by atoms with Crippen LogP contribution in [-0.2, 0) is 31.6 Å². The molecule has 3 aromatic rings. The first-order valence-electron chi connectivity index (χ1n) is 10.1. The number of aliphatic hydroxyl groups excluding tert-OH is 2. The van der Waals surface area contributed by atoms with E-state index in [0.717, 1.165) is 6.33 Å². The summed E-state index contributed by atoms with van der Waals surface area (Å²) in [6.45, 7) is -0.925. The zero-order valence-corrected chi connectivity index (χ0v) is 21.0. The summed E-state index contributed by atoms with van der Waals surface area (Å²) in [4.78, 5) is 41.1. The van der Waals surface area contributed by atoms with Gasteiger partial charge in [0, 0.05) is 5.69 Å². The van der Waals surface area contributed by atoms with Crippen molar-refractivity contribution in [1.29, 1.82) is 0 Å². The smallest absolute Gasteiger partial charge is 0.387 e. The van der Waals surface area contributed by atoms with Crippen LogP contribution < -0.4 is 10.8 Å². The fourth-order valence-corrected chi connectivity index (χ4v) is 7.04. The minimum Gasteiger partial charge on any atom is -0.387 e. The maximum Gasteiger partial charge on any atom is 0.489 e. The highest BCUT2D eigenvalue weighted by atomic mass is 31.3. The molecule has 1 fully saturated rings. The highest BCUT2D eigenvalue weighted by Gasteiger charge is 2.47. The molecule has 0 saturated carbocycles. The molecule has 1 saturated heterocycles. The second-order valence-electron chi connectivity index (χ2n) is 7.52. The molecule has 0 amide bonds. The number of imidazole rings is 1. The van der Waals surface area contributed by atoms with E-state index < -0.39 is 54.5 Å². The lowest BCUT2D eigenvalue weighted by atomic mass is 10.1. The minimum atomic E-state index is -5.65. The Morgan fingerprint density at radius 3 is 2.41 bits per heavy atom. The number of para-hydroxylation sites is 1. The zero-order chi connectivity index (χ0) is 27.0. The van der Waals surface area contributed by atoms with Gasteiger partial charge in [0.15, 0.2) is 17.7 Å². The summed E-state index contributed by atoms with van der Waals surface area (Å²) < 4.78 is 55.9. The summed E-state index contributed by atoms with van der Waals surface area (Å²) in [6, 6.07) is 7.28. The zero-order valence-electron chi connectivity index (χ0n) is 18.4. The number of benzene rings is 1. The summed E-state index contributed by atoms with van der Waals surface area (Å²) in [7, 11) is -16.1. The van der Waals surface area contributed by atoms with Crippen molar-refractivity contribution in [3.05, 3.63) is 43.0 Å². The van der Waals surface area contributed by atoms with E-state index in [0.29, 0.717) is 0 Å². The predicted molar refractivity (Wildman–Crippen MR) is 123 cm³/mol. The van der Waals surface area contributed by atoms with Crippen molar-refractivity contribution in [1.82, 2.24) is 19.5 Å². The van der Waals surface area contributed by atoms with Gasteiger partial charge in [-0.05, 0) is 12.1 Å². The van der Waals surface area contributed by atoms with Crippen LogP contribution in [0.5, 0.6) is 0 Å². The van der Waals surface area contributed by atoms with Gasteiger partial charge in [0.1, 0.15) is 30.2 Å². The fourth-order valence-electron chi connectivity index (χ4n) is 3.33. The Balaban J connectivity index is 1.38. The topological polar surface area (TPSA) is 271 Å². The molecule has 3 heterocycles. The second kappa shape index (κ2) is 10.5. The van der Waals surface area contributed by atoms with Crippen molar-refractivity contribution in [2.45, 2.75) is 24.5 Å². The molecule has 18 nitrogen and oxygen atoms in total. The lowest BCUT2D eigenvalue weighted by molar-refractivity contribution is -0.0503. The molecule has 2 aromatic heterocycles. The molecule has 1 aliphatic heterocycles. The third-order valence-electron chi connectivity index (χ3n) is 4.86. The van der Waals surface area contributed by atoms with Crippen molar-refractivity contribution in [3.63, 3.8) is 0 Å². The fraction of sp³-hybridized carbons (Fsp3) is 0.312. The van der Waals surface area contributed by atoms with Gasteiger partial charge in [-0.15, -0.1) is 0 Å². The Hall–Kier alpha value is -2.30. The Kier molecular flexibility index (Phi) is 7.84. The number of anilines is 2. The van der Waals surface area contributed by atoms with Crippen LogP contribution in [-0.4, -0.2) is 69.3 Å². The number of phosphoric ester groups is 1. The summed E-state index contributed by atoms with van der Waals surface area (Å²) in [6.07, 6.45) is -3.61. The predicted octanol–water partition coefficient (Wildman–Crippen LogP) is 0.491. The van der Waals surface area contributed by atoms with E-state index in [1.807, 2.05) is 5.09 Å². The number of ether oxygens (including phenoxy) is 1. The number of fused-ring (bicyclic) bond motifs is 1. The lowest BCUT2D eigenvalue weighted by Crippen LogP contribution is -2.33. The van der Waals surface area contributed by atoms with Crippen LogP contribution in [0.15, 0.2) is 43.0 Å². The number of hydrogen-bond acceptors (Lipinski definition) is 13. The maximum atomic E-state index is 12.2.